The summed E-state index contributed by atoms with van der Waals surface area (Å²) in [6.45, 7) is 6.09. The van der Waals surface area contributed by atoms with E-state index in [0.717, 1.165) is 16.3 Å². The number of hydrogen-bond acceptors (Lipinski definition) is 5. The summed E-state index contributed by atoms with van der Waals surface area (Å²) in [5, 5.41) is 4.52. The number of anilines is 1. The molecule has 0 radical (unpaired) electrons. The fourth-order valence-corrected chi connectivity index (χ4v) is 6.69. The molecule has 0 aromatic heterocycles. The van der Waals surface area contributed by atoms with Gasteiger partial charge in [-0.25, -0.2) is 8.42 Å². The Kier molecular flexibility index (Phi) is 8.26. The maximum atomic E-state index is 13.6. The van der Waals surface area contributed by atoms with Crippen LogP contribution in [0.5, 0.6) is 5.75 Å². The zero-order valence-electron chi connectivity index (χ0n) is 22.3. The highest BCUT2D eigenvalue weighted by Gasteiger charge is 2.35. The minimum atomic E-state index is -3.69. The molecule has 0 unspecified atom stereocenters. The summed E-state index contributed by atoms with van der Waals surface area (Å²) in [6.07, 6.45) is 0.891. The third-order valence-electron chi connectivity index (χ3n) is 6.76. The largest absolute Gasteiger partial charge is 0.497 e. The summed E-state index contributed by atoms with van der Waals surface area (Å²) in [7, 11) is -2.10. The Balaban J connectivity index is 1.52. The molecule has 0 spiro atoms. The van der Waals surface area contributed by atoms with E-state index < -0.39 is 16.1 Å². The van der Waals surface area contributed by atoms with Gasteiger partial charge >= 0.3 is 0 Å². The van der Waals surface area contributed by atoms with Gasteiger partial charge < -0.3 is 15.0 Å². The monoisotopic (exact) mass is 537 g/mol. The molecular weight excluding hydrogens is 502 g/mol. The average molecular weight is 538 g/mol. The number of nitrogens with zero attached hydrogens (tertiary/aromatic N) is 2. The van der Waals surface area contributed by atoms with Gasteiger partial charge in [-0.3, -0.25) is 13.9 Å². The molecule has 38 heavy (non-hydrogen) atoms. The fraction of sp³-hybridized carbons (Fsp3) is 0.379. The predicted octanol–water partition coefficient (Wildman–Crippen LogP) is 4.47. The highest BCUT2D eigenvalue weighted by molar-refractivity contribution is 7.93. The molecule has 2 amide bonds. The van der Waals surface area contributed by atoms with E-state index in [2.05, 4.69) is 5.32 Å². The Hall–Kier alpha value is -3.59. The Morgan fingerprint density at radius 3 is 2.34 bits per heavy atom. The van der Waals surface area contributed by atoms with Crippen molar-refractivity contribution in [3.05, 3.63) is 66.2 Å². The van der Waals surface area contributed by atoms with Crippen LogP contribution in [-0.4, -0.2) is 50.9 Å². The van der Waals surface area contributed by atoms with Crippen molar-refractivity contribution in [3.8, 4) is 5.75 Å². The van der Waals surface area contributed by atoms with Crippen LogP contribution in [0.15, 0.2) is 65.6 Å². The molecule has 4 rings (SSSR count). The molecule has 1 aliphatic rings. The van der Waals surface area contributed by atoms with Crippen molar-refractivity contribution in [2.24, 2.45) is 0 Å². The first kappa shape index (κ1) is 27.4. The summed E-state index contributed by atoms with van der Waals surface area (Å²) >= 11 is 0. The van der Waals surface area contributed by atoms with Crippen molar-refractivity contribution in [2.45, 2.75) is 63.6 Å². The molecule has 9 heteroatoms. The van der Waals surface area contributed by atoms with Gasteiger partial charge in [-0.15, -0.1) is 0 Å². The van der Waals surface area contributed by atoms with Gasteiger partial charge in [-0.2, -0.15) is 0 Å². The van der Waals surface area contributed by atoms with Gasteiger partial charge in [0.15, 0.2) is 0 Å². The van der Waals surface area contributed by atoms with E-state index in [9.17, 15) is 18.0 Å². The van der Waals surface area contributed by atoms with Crippen LogP contribution < -0.4 is 14.4 Å². The van der Waals surface area contributed by atoms with Crippen LogP contribution in [0.1, 0.15) is 45.6 Å². The topological polar surface area (TPSA) is 96.0 Å². The zero-order valence-corrected chi connectivity index (χ0v) is 23.1. The lowest BCUT2D eigenvalue weighted by Crippen LogP contribution is -2.50. The second-order valence-corrected chi connectivity index (χ2v) is 11.6. The van der Waals surface area contributed by atoms with Crippen LogP contribution in [0.25, 0.3) is 10.8 Å². The molecule has 1 heterocycles. The zero-order chi connectivity index (χ0) is 27.4. The maximum absolute atomic E-state index is 13.6. The molecular formula is C29H35N3O5S. The lowest BCUT2D eigenvalue weighted by atomic mass is 10.1. The molecule has 3 aromatic carbocycles. The van der Waals surface area contributed by atoms with Gasteiger partial charge in [0.25, 0.3) is 10.0 Å². The standard InChI is InChI=1S/C29H35N3O5S/c1-5-24(29(34)30-20(2)3)31(19-21-14-16-23(37-4)17-15-21)27(33)13-8-18-32-25-11-6-9-22-10-7-12-26(28(22)25)38(32,35)36/h6-7,9-12,14-17,20,24H,5,8,13,18-19H2,1-4H3,(H,30,34)/t24-/m0/s1. The number of ether oxygens (including phenoxy) is 1. The molecule has 8 nitrogen and oxygen atoms in total. The SMILES string of the molecule is CC[C@@H](C(=O)NC(C)C)N(Cc1ccc(OC)cc1)C(=O)CCCN1c2cccc3cccc(c23)S1(=O)=O. The summed E-state index contributed by atoms with van der Waals surface area (Å²) in [5.74, 6) is 0.312. The molecule has 0 bridgehead atoms. The van der Waals surface area contributed by atoms with E-state index in [1.165, 1.54) is 4.31 Å². The third kappa shape index (κ3) is 5.48. The lowest BCUT2D eigenvalue weighted by molar-refractivity contribution is -0.141. The Morgan fingerprint density at radius 1 is 1.03 bits per heavy atom. The summed E-state index contributed by atoms with van der Waals surface area (Å²) in [6, 6.07) is 17.5. The van der Waals surface area contributed by atoms with Gasteiger partial charge in [0.05, 0.1) is 17.7 Å². The summed E-state index contributed by atoms with van der Waals surface area (Å²) in [5.41, 5.74) is 1.52. The number of carbonyl (C=O) groups excluding carboxylic acids is 2. The Labute approximate surface area is 224 Å². The number of amides is 2. The molecule has 1 N–H and O–H groups in total. The van der Waals surface area contributed by atoms with Crippen LogP contribution in [-0.2, 0) is 26.2 Å². The average Bonchev–Trinajstić information content (AvgIpc) is 3.11. The summed E-state index contributed by atoms with van der Waals surface area (Å²) < 4.78 is 33.2. The highest BCUT2D eigenvalue weighted by Crippen LogP contribution is 2.42. The van der Waals surface area contributed by atoms with E-state index in [1.54, 1.807) is 30.2 Å². The lowest BCUT2D eigenvalue weighted by Gasteiger charge is -2.31. The number of sulfonamides is 1. The van der Waals surface area contributed by atoms with Crippen molar-refractivity contribution in [1.29, 1.82) is 0 Å². The molecule has 0 saturated carbocycles. The number of methoxy groups -OCH3 is 1. The summed E-state index contributed by atoms with van der Waals surface area (Å²) in [4.78, 5) is 28.5. The predicted molar refractivity (Wildman–Crippen MR) is 149 cm³/mol. The number of hydrogen-bond donors (Lipinski definition) is 1. The second kappa shape index (κ2) is 11.4. The van der Waals surface area contributed by atoms with Gasteiger partial charge in [0.1, 0.15) is 11.8 Å². The van der Waals surface area contributed by atoms with E-state index in [1.807, 2.05) is 63.2 Å². The normalized spacial score (nSPS) is 14.5. The number of rotatable bonds is 11. The van der Waals surface area contributed by atoms with Crippen LogP contribution in [0.2, 0.25) is 0 Å². The molecule has 1 aliphatic heterocycles. The van der Waals surface area contributed by atoms with Crippen LogP contribution in [0, 0.1) is 0 Å². The van der Waals surface area contributed by atoms with Crippen molar-refractivity contribution in [2.75, 3.05) is 18.0 Å². The third-order valence-corrected chi connectivity index (χ3v) is 8.62. The van der Waals surface area contributed by atoms with Crippen LogP contribution in [0.3, 0.4) is 0 Å². The fourth-order valence-electron chi connectivity index (χ4n) is 4.94. The Bertz CT molecular complexity index is 1410. The molecule has 0 fully saturated rings. The van der Waals surface area contributed by atoms with E-state index in [0.29, 0.717) is 29.2 Å². The van der Waals surface area contributed by atoms with Gasteiger partial charge in [0.2, 0.25) is 11.8 Å². The number of benzene rings is 3. The minimum Gasteiger partial charge on any atom is -0.497 e. The molecule has 0 saturated heterocycles. The van der Waals surface area contributed by atoms with Gasteiger partial charge in [-0.05, 0) is 61.9 Å². The molecule has 1 atom stereocenters. The van der Waals surface area contributed by atoms with Gasteiger partial charge in [0, 0.05) is 30.9 Å². The maximum Gasteiger partial charge on any atom is 0.265 e. The van der Waals surface area contributed by atoms with E-state index in [4.69, 9.17) is 4.74 Å². The van der Waals surface area contributed by atoms with Crippen LogP contribution >= 0.6 is 0 Å². The van der Waals surface area contributed by atoms with Crippen LogP contribution in [0.4, 0.5) is 5.69 Å². The van der Waals surface area contributed by atoms with Gasteiger partial charge in [-0.1, -0.05) is 43.3 Å². The number of carbonyl (C=O) groups is 2. The quantitative estimate of drug-likeness (QED) is 0.389. The smallest absolute Gasteiger partial charge is 0.265 e. The first-order chi connectivity index (χ1) is 18.2. The van der Waals surface area contributed by atoms with Crippen molar-refractivity contribution >= 4 is 38.3 Å². The molecule has 202 valence electrons. The minimum absolute atomic E-state index is 0.0563. The van der Waals surface area contributed by atoms with E-state index in [-0.39, 0.29) is 37.4 Å². The number of nitrogens with one attached hydrogen (secondary N) is 1. The van der Waals surface area contributed by atoms with Crippen molar-refractivity contribution in [1.82, 2.24) is 10.2 Å². The first-order valence-corrected chi connectivity index (χ1v) is 14.4. The van der Waals surface area contributed by atoms with E-state index >= 15 is 0 Å². The molecule has 3 aromatic rings. The first-order valence-electron chi connectivity index (χ1n) is 12.9. The second-order valence-electron chi connectivity index (χ2n) is 9.77. The van der Waals surface area contributed by atoms with Crippen molar-refractivity contribution in [3.63, 3.8) is 0 Å². The van der Waals surface area contributed by atoms with Crippen molar-refractivity contribution < 1.29 is 22.7 Å². The highest BCUT2D eigenvalue weighted by atomic mass is 32.2. The molecule has 0 aliphatic carbocycles. The Morgan fingerprint density at radius 2 is 1.71 bits per heavy atom.